The molecule has 31 heavy (non-hydrogen) atoms. The van der Waals surface area contributed by atoms with Gasteiger partial charge in [0.2, 0.25) is 0 Å². The van der Waals surface area contributed by atoms with Crippen molar-refractivity contribution in [2.24, 2.45) is 0 Å². The van der Waals surface area contributed by atoms with Crippen LogP contribution in [-0.4, -0.2) is 76.0 Å². The van der Waals surface area contributed by atoms with Gasteiger partial charge in [-0.25, -0.2) is 0 Å². The van der Waals surface area contributed by atoms with E-state index in [0.717, 1.165) is 0 Å². The molecule has 0 saturated heterocycles. The van der Waals surface area contributed by atoms with Crippen LogP contribution in [0.4, 0.5) is 5.69 Å². The molecule has 0 aliphatic carbocycles. The van der Waals surface area contributed by atoms with Gasteiger partial charge in [0.1, 0.15) is 18.0 Å². The van der Waals surface area contributed by atoms with Crippen LogP contribution in [0.1, 0.15) is 27.2 Å². The SMILES string of the molecule is CC(C)(C)OC(=O)CCOCCOCCOCCOCCOc1ccc([N+](=O)[O-])cc1. The van der Waals surface area contributed by atoms with Crippen molar-refractivity contribution in [3.8, 4) is 5.75 Å². The Morgan fingerprint density at radius 3 is 1.71 bits per heavy atom. The minimum Gasteiger partial charge on any atom is -0.491 e. The minimum atomic E-state index is -0.478. The molecule has 0 saturated carbocycles. The smallest absolute Gasteiger partial charge is 0.308 e. The standard InChI is InChI=1S/C21H33NO9/c1-21(2,3)31-20(23)8-9-26-10-11-27-12-13-28-14-15-29-16-17-30-19-6-4-18(5-7-19)22(24)25/h4-7H,8-17H2,1-3H3. The van der Waals surface area contributed by atoms with Crippen molar-refractivity contribution in [2.45, 2.75) is 32.8 Å². The zero-order chi connectivity index (χ0) is 23.0. The Bertz CT molecular complexity index is 629. The highest BCUT2D eigenvalue weighted by atomic mass is 16.6. The van der Waals surface area contributed by atoms with Crippen molar-refractivity contribution >= 4 is 11.7 Å². The number of nitro benzene ring substituents is 1. The molecule has 0 N–H and O–H groups in total. The fourth-order valence-corrected chi connectivity index (χ4v) is 2.19. The third-order valence-corrected chi connectivity index (χ3v) is 3.53. The van der Waals surface area contributed by atoms with Gasteiger partial charge in [0.05, 0.1) is 64.2 Å². The predicted octanol–water partition coefficient (Wildman–Crippen LogP) is 2.77. The molecule has 0 spiro atoms. The summed E-state index contributed by atoms with van der Waals surface area (Å²) in [6.07, 6.45) is 0.222. The molecule has 0 unspecified atom stereocenters. The average molecular weight is 443 g/mol. The van der Waals surface area contributed by atoms with Crippen LogP contribution in [-0.2, 0) is 28.5 Å². The van der Waals surface area contributed by atoms with Crippen LogP contribution in [0.25, 0.3) is 0 Å². The molecule has 0 bridgehead atoms. The lowest BCUT2D eigenvalue weighted by Gasteiger charge is -2.19. The topological polar surface area (TPSA) is 116 Å². The second-order valence-corrected chi connectivity index (χ2v) is 7.39. The number of hydrogen-bond donors (Lipinski definition) is 0. The summed E-state index contributed by atoms with van der Waals surface area (Å²) in [5, 5.41) is 10.6. The molecule has 10 nitrogen and oxygen atoms in total. The normalized spacial score (nSPS) is 11.3. The van der Waals surface area contributed by atoms with Crippen molar-refractivity contribution < 1.29 is 38.1 Å². The number of hydrogen-bond acceptors (Lipinski definition) is 9. The molecule has 0 aromatic heterocycles. The van der Waals surface area contributed by atoms with E-state index in [0.29, 0.717) is 65.2 Å². The third-order valence-electron chi connectivity index (χ3n) is 3.53. The van der Waals surface area contributed by atoms with Crippen molar-refractivity contribution in [3.63, 3.8) is 0 Å². The van der Waals surface area contributed by atoms with Gasteiger partial charge in [-0.15, -0.1) is 0 Å². The van der Waals surface area contributed by atoms with E-state index in [1.807, 2.05) is 20.8 Å². The van der Waals surface area contributed by atoms with Crippen LogP contribution in [0, 0.1) is 10.1 Å². The molecule has 1 aromatic rings. The number of non-ortho nitro benzene ring substituents is 1. The third kappa shape index (κ3) is 15.2. The number of nitrogens with zero attached hydrogens (tertiary/aromatic N) is 1. The summed E-state index contributed by atoms with van der Waals surface area (Å²) < 4.78 is 32.1. The van der Waals surface area contributed by atoms with Crippen molar-refractivity contribution in [3.05, 3.63) is 34.4 Å². The molecular formula is C21H33NO9. The summed E-state index contributed by atoms with van der Waals surface area (Å²) in [6.45, 7) is 9.09. The first-order valence-electron chi connectivity index (χ1n) is 10.2. The van der Waals surface area contributed by atoms with Crippen LogP contribution >= 0.6 is 0 Å². The number of esters is 1. The largest absolute Gasteiger partial charge is 0.491 e. The van der Waals surface area contributed by atoms with Crippen LogP contribution < -0.4 is 4.74 Å². The lowest BCUT2D eigenvalue weighted by atomic mass is 10.2. The number of ether oxygens (including phenoxy) is 6. The maximum Gasteiger partial charge on any atom is 0.308 e. The molecule has 0 aliphatic heterocycles. The van der Waals surface area contributed by atoms with Gasteiger partial charge in [-0.05, 0) is 32.9 Å². The second-order valence-electron chi connectivity index (χ2n) is 7.39. The molecule has 10 heteroatoms. The van der Waals surface area contributed by atoms with E-state index >= 15 is 0 Å². The number of carbonyl (C=O) groups is 1. The molecule has 0 fully saturated rings. The molecule has 0 atom stereocenters. The first-order valence-corrected chi connectivity index (χ1v) is 10.2. The summed E-state index contributed by atoms with van der Waals surface area (Å²) in [6, 6.07) is 5.88. The summed E-state index contributed by atoms with van der Waals surface area (Å²) in [5.74, 6) is 0.276. The fourth-order valence-electron chi connectivity index (χ4n) is 2.19. The first-order chi connectivity index (χ1) is 14.8. The molecule has 0 aliphatic rings. The van der Waals surface area contributed by atoms with Crippen molar-refractivity contribution in [1.29, 1.82) is 0 Å². The van der Waals surface area contributed by atoms with E-state index < -0.39 is 10.5 Å². The van der Waals surface area contributed by atoms with Gasteiger partial charge in [-0.3, -0.25) is 14.9 Å². The van der Waals surface area contributed by atoms with Gasteiger partial charge in [-0.1, -0.05) is 0 Å². The molecule has 1 rings (SSSR count). The second kappa shape index (κ2) is 15.5. The Balaban J connectivity index is 1.82. The summed E-state index contributed by atoms with van der Waals surface area (Å²) >= 11 is 0. The highest BCUT2D eigenvalue weighted by molar-refractivity contribution is 5.69. The van der Waals surface area contributed by atoms with E-state index in [1.165, 1.54) is 12.1 Å². The van der Waals surface area contributed by atoms with Gasteiger partial charge in [0.15, 0.2) is 0 Å². The Morgan fingerprint density at radius 2 is 1.26 bits per heavy atom. The maximum atomic E-state index is 11.5. The summed E-state index contributed by atoms with van der Waals surface area (Å²) in [5.41, 5.74) is -0.454. The number of rotatable bonds is 17. The summed E-state index contributed by atoms with van der Waals surface area (Å²) in [7, 11) is 0. The lowest BCUT2D eigenvalue weighted by molar-refractivity contribution is -0.384. The Kier molecular flexibility index (Phi) is 13.4. The van der Waals surface area contributed by atoms with Gasteiger partial charge >= 0.3 is 5.97 Å². The minimum absolute atomic E-state index is 0.0236. The Hall–Kier alpha value is -2.27. The van der Waals surface area contributed by atoms with Crippen LogP contribution in [0.3, 0.4) is 0 Å². The number of nitro groups is 1. The van der Waals surface area contributed by atoms with Crippen LogP contribution in [0.5, 0.6) is 5.75 Å². The van der Waals surface area contributed by atoms with E-state index in [2.05, 4.69) is 0 Å². The molecule has 176 valence electrons. The molecule has 1 aromatic carbocycles. The van der Waals surface area contributed by atoms with E-state index in [1.54, 1.807) is 12.1 Å². The predicted molar refractivity (Wildman–Crippen MR) is 112 cm³/mol. The van der Waals surface area contributed by atoms with Crippen LogP contribution in [0.2, 0.25) is 0 Å². The molecular weight excluding hydrogens is 410 g/mol. The van der Waals surface area contributed by atoms with Gasteiger partial charge in [-0.2, -0.15) is 0 Å². The maximum absolute atomic E-state index is 11.5. The lowest BCUT2D eigenvalue weighted by Crippen LogP contribution is -2.24. The number of carbonyl (C=O) groups excluding carboxylic acids is 1. The zero-order valence-corrected chi connectivity index (χ0v) is 18.5. The molecule has 0 amide bonds. The monoisotopic (exact) mass is 443 g/mol. The Labute approximate surface area is 182 Å². The van der Waals surface area contributed by atoms with Crippen molar-refractivity contribution in [1.82, 2.24) is 0 Å². The summed E-state index contributed by atoms with van der Waals surface area (Å²) in [4.78, 5) is 21.6. The molecule has 0 heterocycles. The van der Waals surface area contributed by atoms with Gasteiger partial charge < -0.3 is 28.4 Å². The van der Waals surface area contributed by atoms with E-state index in [4.69, 9.17) is 28.4 Å². The highest BCUT2D eigenvalue weighted by Crippen LogP contribution is 2.17. The molecule has 0 radical (unpaired) electrons. The van der Waals surface area contributed by atoms with Crippen molar-refractivity contribution in [2.75, 3.05) is 59.5 Å². The van der Waals surface area contributed by atoms with Crippen LogP contribution in [0.15, 0.2) is 24.3 Å². The first kappa shape index (κ1) is 26.8. The van der Waals surface area contributed by atoms with E-state index in [-0.39, 0.29) is 18.1 Å². The zero-order valence-electron chi connectivity index (χ0n) is 18.5. The Morgan fingerprint density at radius 1 is 0.806 bits per heavy atom. The van der Waals surface area contributed by atoms with E-state index in [9.17, 15) is 14.9 Å². The van der Waals surface area contributed by atoms with Gasteiger partial charge in [0, 0.05) is 12.1 Å². The fraction of sp³-hybridized carbons (Fsp3) is 0.667. The quantitative estimate of drug-likeness (QED) is 0.155. The average Bonchev–Trinajstić information content (AvgIpc) is 2.70. The highest BCUT2D eigenvalue weighted by Gasteiger charge is 2.15. The van der Waals surface area contributed by atoms with Gasteiger partial charge in [0.25, 0.3) is 5.69 Å². The number of benzene rings is 1.